The van der Waals surface area contributed by atoms with Gasteiger partial charge < -0.3 is 0 Å². The molecular weight excluding hydrogens is 470 g/mol. The Kier molecular flexibility index (Phi) is 5.48. The molecule has 3 aromatic heterocycles. The lowest BCUT2D eigenvalue weighted by atomic mass is 9.73. The molecule has 8 heteroatoms. The normalized spacial score (nSPS) is 16.8. The SMILES string of the molecule is Cc1ccc(S(=O)(=O)N(c2n[nH]c3c2C=CC(c2ccccn2)(c2ccccn2)C3)C2CCC2)cc1. The van der Waals surface area contributed by atoms with Crippen LogP contribution < -0.4 is 4.31 Å². The van der Waals surface area contributed by atoms with Gasteiger partial charge >= 0.3 is 0 Å². The van der Waals surface area contributed by atoms with E-state index in [-0.39, 0.29) is 10.9 Å². The van der Waals surface area contributed by atoms with E-state index < -0.39 is 15.4 Å². The lowest BCUT2D eigenvalue weighted by Gasteiger charge is -2.37. The summed E-state index contributed by atoms with van der Waals surface area (Å²) < 4.78 is 29.3. The van der Waals surface area contributed by atoms with Gasteiger partial charge in [0.1, 0.15) is 0 Å². The number of allylic oxidation sites excluding steroid dienone is 1. The molecule has 7 nitrogen and oxygen atoms in total. The summed E-state index contributed by atoms with van der Waals surface area (Å²) in [6, 6.07) is 18.7. The number of aromatic amines is 1. The summed E-state index contributed by atoms with van der Waals surface area (Å²) in [7, 11) is -3.78. The Hall–Kier alpha value is -3.78. The Morgan fingerprint density at radius 1 is 0.944 bits per heavy atom. The second-order valence-electron chi connectivity index (χ2n) is 9.55. The number of hydrogen-bond acceptors (Lipinski definition) is 5. The number of hydrogen-bond donors (Lipinski definition) is 1. The van der Waals surface area contributed by atoms with Crippen molar-refractivity contribution in [3.05, 3.63) is 107 Å². The molecule has 1 fully saturated rings. The number of rotatable bonds is 6. The molecule has 2 aliphatic rings. The van der Waals surface area contributed by atoms with Crippen molar-refractivity contribution >= 4 is 21.9 Å². The summed E-state index contributed by atoms with van der Waals surface area (Å²) in [4.78, 5) is 9.63. The van der Waals surface area contributed by atoms with E-state index in [1.807, 2.05) is 61.5 Å². The maximum absolute atomic E-state index is 13.9. The van der Waals surface area contributed by atoms with Crippen LogP contribution in [0.15, 0.2) is 84.0 Å². The highest BCUT2D eigenvalue weighted by Crippen LogP contribution is 2.43. The van der Waals surface area contributed by atoms with Gasteiger partial charge in [-0.15, -0.1) is 0 Å². The van der Waals surface area contributed by atoms with Crippen LogP contribution in [0.4, 0.5) is 5.82 Å². The third kappa shape index (κ3) is 3.64. The van der Waals surface area contributed by atoms with E-state index in [9.17, 15) is 8.42 Å². The lowest BCUT2D eigenvalue weighted by molar-refractivity contribution is 0.413. The molecular formula is C28H27N5O2S. The Balaban J connectivity index is 1.46. The first kappa shape index (κ1) is 22.7. The largest absolute Gasteiger partial charge is 0.280 e. The first-order valence-corrected chi connectivity index (χ1v) is 13.6. The maximum Gasteiger partial charge on any atom is 0.265 e. The number of H-pyrrole nitrogens is 1. The van der Waals surface area contributed by atoms with Gasteiger partial charge in [-0.3, -0.25) is 15.1 Å². The molecule has 0 saturated heterocycles. The van der Waals surface area contributed by atoms with E-state index in [0.717, 1.165) is 47.5 Å². The number of fused-ring (bicyclic) bond motifs is 1. The summed E-state index contributed by atoms with van der Waals surface area (Å²) in [5, 5.41) is 7.77. The number of anilines is 1. The van der Waals surface area contributed by atoms with Gasteiger partial charge in [0, 0.05) is 36.1 Å². The quantitative estimate of drug-likeness (QED) is 0.413. The molecule has 1 aromatic carbocycles. The second-order valence-corrected chi connectivity index (χ2v) is 11.4. The Bertz CT molecular complexity index is 1470. The fraction of sp³-hybridized carbons (Fsp3) is 0.250. The molecule has 0 spiro atoms. The molecule has 0 unspecified atom stereocenters. The Morgan fingerprint density at radius 3 is 2.17 bits per heavy atom. The molecule has 2 aliphatic carbocycles. The lowest BCUT2D eigenvalue weighted by Crippen LogP contribution is -2.45. The zero-order valence-electron chi connectivity index (χ0n) is 20.0. The average Bonchev–Trinajstić information content (AvgIpc) is 3.29. The average molecular weight is 498 g/mol. The summed E-state index contributed by atoms with van der Waals surface area (Å²) in [6.07, 6.45) is 10.8. The standard InChI is InChI=1S/C28H27N5O2S/c1-20-11-13-22(14-12-20)36(34,35)33(21-7-6-8-21)27-23-15-16-28(19-24(23)31-32-27,25-9-2-4-17-29-25)26-10-3-5-18-30-26/h2-5,9-18,21H,6-8,19H2,1H3,(H,31,32). The highest BCUT2D eigenvalue weighted by molar-refractivity contribution is 7.92. The van der Waals surface area contributed by atoms with Gasteiger partial charge in [0.15, 0.2) is 5.82 Å². The highest BCUT2D eigenvalue weighted by atomic mass is 32.2. The summed E-state index contributed by atoms with van der Waals surface area (Å²) in [5.41, 5.74) is 3.86. The molecule has 182 valence electrons. The van der Waals surface area contributed by atoms with Crippen molar-refractivity contribution in [3.63, 3.8) is 0 Å². The van der Waals surface area contributed by atoms with Crippen molar-refractivity contribution in [1.82, 2.24) is 20.2 Å². The number of aromatic nitrogens is 4. The van der Waals surface area contributed by atoms with Gasteiger partial charge in [0.2, 0.25) is 0 Å². The van der Waals surface area contributed by atoms with Crippen LogP contribution >= 0.6 is 0 Å². The topological polar surface area (TPSA) is 91.8 Å². The molecule has 0 radical (unpaired) electrons. The second kappa shape index (κ2) is 8.71. The predicted molar refractivity (Wildman–Crippen MR) is 139 cm³/mol. The Morgan fingerprint density at radius 2 is 1.61 bits per heavy atom. The van der Waals surface area contributed by atoms with Gasteiger partial charge in [-0.2, -0.15) is 5.10 Å². The van der Waals surface area contributed by atoms with Gasteiger partial charge in [-0.25, -0.2) is 12.7 Å². The summed E-state index contributed by atoms with van der Waals surface area (Å²) in [5.74, 6) is 0.460. The van der Waals surface area contributed by atoms with Crippen molar-refractivity contribution in [2.75, 3.05) is 4.31 Å². The van der Waals surface area contributed by atoms with E-state index in [1.54, 1.807) is 24.5 Å². The van der Waals surface area contributed by atoms with Crippen molar-refractivity contribution in [3.8, 4) is 0 Å². The van der Waals surface area contributed by atoms with Crippen LogP contribution in [-0.4, -0.2) is 34.6 Å². The van der Waals surface area contributed by atoms with Crippen LogP contribution in [0.25, 0.3) is 6.08 Å². The first-order valence-electron chi connectivity index (χ1n) is 12.2. The third-order valence-electron chi connectivity index (χ3n) is 7.29. The van der Waals surface area contributed by atoms with Gasteiger partial charge in [0.25, 0.3) is 10.0 Å². The van der Waals surface area contributed by atoms with Gasteiger partial charge in [-0.05, 0) is 62.6 Å². The van der Waals surface area contributed by atoms with Crippen LogP contribution in [-0.2, 0) is 21.9 Å². The minimum absolute atomic E-state index is 0.102. The molecule has 0 amide bonds. The van der Waals surface area contributed by atoms with E-state index >= 15 is 0 Å². The van der Waals surface area contributed by atoms with Crippen molar-refractivity contribution in [1.29, 1.82) is 0 Å². The first-order chi connectivity index (χ1) is 17.5. The molecule has 4 aromatic rings. The summed E-state index contributed by atoms with van der Waals surface area (Å²) >= 11 is 0. The van der Waals surface area contributed by atoms with Gasteiger partial charge in [0.05, 0.1) is 21.7 Å². The van der Waals surface area contributed by atoms with E-state index in [0.29, 0.717) is 12.2 Å². The fourth-order valence-corrected chi connectivity index (χ4v) is 6.76. The minimum atomic E-state index is -3.78. The molecule has 3 heterocycles. The zero-order chi connectivity index (χ0) is 24.8. The van der Waals surface area contributed by atoms with Crippen LogP contribution in [0.5, 0.6) is 0 Å². The van der Waals surface area contributed by atoms with Crippen molar-refractivity contribution in [2.45, 2.75) is 49.0 Å². The molecule has 36 heavy (non-hydrogen) atoms. The zero-order valence-corrected chi connectivity index (χ0v) is 20.8. The van der Waals surface area contributed by atoms with E-state index in [4.69, 9.17) is 0 Å². The number of pyridine rings is 2. The fourth-order valence-electron chi connectivity index (χ4n) is 5.08. The molecule has 0 aliphatic heterocycles. The van der Waals surface area contributed by atoms with E-state index in [2.05, 4.69) is 26.2 Å². The van der Waals surface area contributed by atoms with Crippen LogP contribution in [0.1, 0.15) is 47.5 Å². The molecule has 1 saturated carbocycles. The molecule has 0 atom stereocenters. The smallest absolute Gasteiger partial charge is 0.265 e. The number of nitrogens with one attached hydrogen (secondary N) is 1. The number of sulfonamides is 1. The number of benzene rings is 1. The monoisotopic (exact) mass is 497 g/mol. The van der Waals surface area contributed by atoms with Crippen molar-refractivity contribution < 1.29 is 8.42 Å². The van der Waals surface area contributed by atoms with Crippen LogP contribution in [0.2, 0.25) is 0 Å². The number of aryl methyl sites for hydroxylation is 1. The summed E-state index contributed by atoms with van der Waals surface area (Å²) in [6.45, 7) is 1.95. The Labute approximate surface area is 211 Å². The maximum atomic E-state index is 13.9. The minimum Gasteiger partial charge on any atom is -0.280 e. The molecule has 1 N–H and O–H groups in total. The van der Waals surface area contributed by atoms with E-state index in [1.165, 1.54) is 4.31 Å². The predicted octanol–water partition coefficient (Wildman–Crippen LogP) is 4.81. The molecule has 0 bridgehead atoms. The van der Waals surface area contributed by atoms with Crippen LogP contribution in [0, 0.1) is 6.92 Å². The molecule has 6 rings (SSSR count). The third-order valence-corrected chi connectivity index (χ3v) is 9.15. The number of nitrogens with zero attached hydrogens (tertiary/aromatic N) is 4. The van der Waals surface area contributed by atoms with Crippen molar-refractivity contribution in [2.24, 2.45) is 0 Å². The van der Waals surface area contributed by atoms with Crippen LogP contribution in [0.3, 0.4) is 0 Å². The van der Waals surface area contributed by atoms with Gasteiger partial charge in [-0.1, -0.05) is 42.0 Å². The highest BCUT2D eigenvalue weighted by Gasteiger charge is 2.42.